The Balaban J connectivity index is 1.81. The lowest BCUT2D eigenvalue weighted by atomic mass is 10.1. The van der Waals surface area contributed by atoms with Crippen molar-refractivity contribution in [2.24, 2.45) is 0 Å². The number of aryl methyl sites for hydroxylation is 1. The van der Waals surface area contributed by atoms with Gasteiger partial charge in [-0.15, -0.1) is 0 Å². The molecule has 0 saturated carbocycles. The maximum Gasteiger partial charge on any atom is 0.344 e. The number of benzene rings is 1. The van der Waals surface area contributed by atoms with Crippen LogP contribution in [-0.4, -0.2) is 41.6 Å². The highest BCUT2D eigenvalue weighted by atomic mass is 35.5. The topological polar surface area (TPSA) is 72.6 Å². The number of amides is 1. The molecular formula is C17H16ClFN2O4. The highest BCUT2D eigenvalue weighted by molar-refractivity contribution is 6.33. The van der Waals surface area contributed by atoms with E-state index in [0.717, 1.165) is 12.8 Å². The van der Waals surface area contributed by atoms with Gasteiger partial charge in [-0.05, 0) is 31.9 Å². The van der Waals surface area contributed by atoms with Crippen molar-refractivity contribution in [1.82, 2.24) is 10.1 Å². The molecule has 0 radical (unpaired) electrons. The second-order valence-corrected chi connectivity index (χ2v) is 6.13. The zero-order valence-electron chi connectivity index (χ0n) is 13.6. The summed E-state index contributed by atoms with van der Waals surface area (Å²) in [4.78, 5) is 26.0. The van der Waals surface area contributed by atoms with E-state index < -0.39 is 11.8 Å². The van der Waals surface area contributed by atoms with Gasteiger partial charge in [-0.25, -0.2) is 9.18 Å². The third-order valence-electron chi connectivity index (χ3n) is 4.05. The quantitative estimate of drug-likeness (QED) is 0.777. The fraction of sp³-hybridized carbons (Fsp3) is 0.353. The van der Waals surface area contributed by atoms with Gasteiger partial charge in [0.25, 0.3) is 5.91 Å². The Bertz CT molecular complexity index is 795. The van der Waals surface area contributed by atoms with Crippen molar-refractivity contribution in [3.05, 3.63) is 40.4 Å². The maximum absolute atomic E-state index is 14.1. The highest BCUT2D eigenvalue weighted by Crippen LogP contribution is 2.33. The highest BCUT2D eigenvalue weighted by Gasteiger charge is 2.27. The van der Waals surface area contributed by atoms with Crippen LogP contribution in [0.25, 0.3) is 11.3 Å². The van der Waals surface area contributed by atoms with Crippen LogP contribution in [0.15, 0.2) is 22.7 Å². The van der Waals surface area contributed by atoms with E-state index in [4.69, 9.17) is 20.9 Å². The summed E-state index contributed by atoms with van der Waals surface area (Å²) in [5.41, 5.74) is -0.126. The van der Waals surface area contributed by atoms with E-state index >= 15 is 0 Å². The lowest BCUT2D eigenvalue weighted by Crippen LogP contribution is -2.32. The van der Waals surface area contributed by atoms with Crippen LogP contribution in [-0.2, 0) is 9.53 Å². The van der Waals surface area contributed by atoms with Gasteiger partial charge >= 0.3 is 5.97 Å². The standard InChI is InChI=1S/C17H16ClFN2O4/c1-10-14(17(23)24-9-13(22)21-7-2-3-8-21)16(20-25-10)15-11(18)5-4-6-12(15)19/h4-6H,2-3,7-9H2,1H3. The summed E-state index contributed by atoms with van der Waals surface area (Å²) >= 11 is 6.03. The molecule has 0 aliphatic carbocycles. The van der Waals surface area contributed by atoms with E-state index in [1.807, 2.05) is 0 Å². The molecule has 3 rings (SSSR count). The fourth-order valence-corrected chi connectivity index (χ4v) is 3.02. The molecule has 1 aromatic carbocycles. The molecule has 1 aromatic heterocycles. The zero-order chi connectivity index (χ0) is 18.0. The molecule has 1 aliphatic heterocycles. The number of aromatic nitrogens is 1. The average molecular weight is 367 g/mol. The summed E-state index contributed by atoms with van der Waals surface area (Å²) in [6, 6.07) is 4.13. The van der Waals surface area contributed by atoms with E-state index in [1.54, 1.807) is 4.90 Å². The molecule has 25 heavy (non-hydrogen) atoms. The minimum Gasteiger partial charge on any atom is -0.452 e. The van der Waals surface area contributed by atoms with Crippen molar-refractivity contribution in [2.75, 3.05) is 19.7 Å². The normalized spacial score (nSPS) is 14.0. The molecule has 1 amide bonds. The van der Waals surface area contributed by atoms with Crippen LogP contribution in [0.5, 0.6) is 0 Å². The molecule has 0 spiro atoms. The minimum atomic E-state index is -0.805. The minimum absolute atomic E-state index is 0.0405. The van der Waals surface area contributed by atoms with Gasteiger partial charge in [0.15, 0.2) is 6.61 Å². The molecule has 1 saturated heterocycles. The van der Waals surface area contributed by atoms with E-state index in [0.29, 0.717) is 13.1 Å². The van der Waals surface area contributed by atoms with E-state index in [9.17, 15) is 14.0 Å². The number of esters is 1. The van der Waals surface area contributed by atoms with Gasteiger partial charge in [-0.2, -0.15) is 0 Å². The smallest absolute Gasteiger partial charge is 0.344 e. The van der Waals surface area contributed by atoms with Crippen molar-refractivity contribution in [3.8, 4) is 11.3 Å². The SMILES string of the molecule is Cc1onc(-c2c(F)cccc2Cl)c1C(=O)OCC(=O)N1CCCC1. The largest absolute Gasteiger partial charge is 0.452 e. The Morgan fingerprint density at radius 2 is 2.08 bits per heavy atom. The number of hydrogen-bond donors (Lipinski definition) is 0. The number of carbonyl (C=O) groups is 2. The third-order valence-corrected chi connectivity index (χ3v) is 4.37. The lowest BCUT2D eigenvalue weighted by molar-refractivity contribution is -0.133. The van der Waals surface area contributed by atoms with Crippen LogP contribution in [0.3, 0.4) is 0 Å². The van der Waals surface area contributed by atoms with Crippen LogP contribution >= 0.6 is 11.6 Å². The maximum atomic E-state index is 14.1. The van der Waals surface area contributed by atoms with E-state index in [-0.39, 0.29) is 40.1 Å². The van der Waals surface area contributed by atoms with Crippen molar-refractivity contribution in [2.45, 2.75) is 19.8 Å². The lowest BCUT2D eigenvalue weighted by Gasteiger charge is -2.15. The first-order chi connectivity index (χ1) is 12.0. The first-order valence-corrected chi connectivity index (χ1v) is 8.22. The van der Waals surface area contributed by atoms with Gasteiger partial charge in [0.1, 0.15) is 22.8 Å². The predicted octanol–water partition coefficient (Wildman–Crippen LogP) is 3.22. The first kappa shape index (κ1) is 17.4. The molecule has 1 fully saturated rings. The van der Waals surface area contributed by atoms with Crippen LogP contribution < -0.4 is 0 Å². The van der Waals surface area contributed by atoms with Crippen LogP contribution in [0.4, 0.5) is 4.39 Å². The number of halogens is 2. The number of carbonyl (C=O) groups excluding carboxylic acids is 2. The fourth-order valence-electron chi connectivity index (χ4n) is 2.76. The van der Waals surface area contributed by atoms with Crippen LogP contribution in [0.2, 0.25) is 5.02 Å². The molecule has 8 heteroatoms. The summed E-state index contributed by atoms with van der Waals surface area (Å²) in [6.07, 6.45) is 1.89. The monoisotopic (exact) mass is 366 g/mol. The van der Waals surface area contributed by atoms with Gasteiger partial charge in [-0.1, -0.05) is 22.8 Å². The summed E-state index contributed by atoms with van der Waals surface area (Å²) in [5, 5.41) is 3.83. The molecule has 132 valence electrons. The molecule has 0 atom stereocenters. The second-order valence-electron chi connectivity index (χ2n) is 5.72. The van der Waals surface area contributed by atoms with Gasteiger partial charge in [0.05, 0.1) is 10.6 Å². The molecule has 6 nitrogen and oxygen atoms in total. The molecule has 0 N–H and O–H groups in total. The van der Waals surface area contributed by atoms with Crippen molar-refractivity contribution < 1.29 is 23.2 Å². The molecule has 0 unspecified atom stereocenters. The van der Waals surface area contributed by atoms with Gasteiger partial charge in [-0.3, -0.25) is 4.79 Å². The number of hydrogen-bond acceptors (Lipinski definition) is 5. The number of likely N-dealkylation sites (tertiary alicyclic amines) is 1. The van der Waals surface area contributed by atoms with Crippen LogP contribution in [0, 0.1) is 12.7 Å². The summed E-state index contributed by atoms with van der Waals surface area (Å²) < 4.78 is 24.2. The average Bonchev–Trinajstić information content (AvgIpc) is 3.22. The van der Waals surface area contributed by atoms with Gasteiger partial charge in [0, 0.05) is 13.1 Å². The molecule has 2 aromatic rings. The summed E-state index contributed by atoms with van der Waals surface area (Å²) in [6.45, 7) is 2.45. The third kappa shape index (κ3) is 3.51. The number of nitrogens with zero attached hydrogens (tertiary/aromatic N) is 2. The van der Waals surface area contributed by atoms with Gasteiger partial charge in [0.2, 0.25) is 0 Å². The van der Waals surface area contributed by atoms with Crippen LogP contribution in [0.1, 0.15) is 29.0 Å². The van der Waals surface area contributed by atoms with E-state index in [2.05, 4.69) is 5.16 Å². The summed E-state index contributed by atoms with van der Waals surface area (Å²) in [5.74, 6) is -1.54. The summed E-state index contributed by atoms with van der Waals surface area (Å²) in [7, 11) is 0. The zero-order valence-corrected chi connectivity index (χ0v) is 14.3. The Hall–Kier alpha value is -2.41. The Morgan fingerprint density at radius 3 is 2.76 bits per heavy atom. The Labute approximate surface area is 148 Å². The van der Waals surface area contributed by atoms with Crippen molar-refractivity contribution in [1.29, 1.82) is 0 Å². The number of ether oxygens (including phenoxy) is 1. The first-order valence-electron chi connectivity index (χ1n) is 7.84. The Kier molecular flexibility index (Phi) is 5.03. The van der Waals surface area contributed by atoms with E-state index in [1.165, 1.54) is 25.1 Å². The predicted molar refractivity (Wildman–Crippen MR) is 87.7 cm³/mol. The van der Waals surface area contributed by atoms with Crippen molar-refractivity contribution in [3.63, 3.8) is 0 Å². The molecule has 0 bridgehead atoms. The number of rotatable bonds is 4. The molecule has 2 heterocycles. The molecule has 1 aliphatic rings. The Morgan fingerprint density at radius 1 is 1.36 bits per heavy atom. The van der Waals surface area contributed by atoms with Gasteiger partial charge < -0.3 is 14.2 Å². The molecular weight excluding hydrogens is 351 g/mol. The van der Waals surface area contributed by atoms with Crippen molar-refractivity contribution >= 4 is 23.5 Å². The second kappa shape index (κ2) is 7.23.